The van der Waals surface area contributed by atoms with Gasteiger partial charge in [-0.3, -0.25) is 0 Å². The average Bonchev–Trinajstić information content (AvgIpc) is 2.70. The van der Waals surface area contributed by atoms with E-state index in [0.717, 1.165) is 0 Å². The minimum absolute atomic E-state index is 0.409. The number of benzene rings is 1. The molecule has 0 aliphatic carbocycles. The molecule has 0 radical (unpaired) electrons. The Kier molecular flexibility index (Phi) is 4.63. The van der Waals surface area contributed by atoms with E-state index >= 15 is 0 Å². The molecule has 1 fully saturated rings. The Labute approximate surface area is 123 Å². The van der Waals surface area contributed by atoms with Gasteiger partial charge in [-0.25, -0.2) is 4.79 Å². The summed E-state index contributed by atoms with van der Waals surface area (Å²) in [4.78, 5) is 12.0. The SMILES string of the molecule is COC1OC(C(C)OC(=O)c2ccccc2)C(O)C1(C)O. The molecule has 1 aromatic rings. The van der Waals surface area contributed by atoms with Crippen molar-refractivity contribution in [2.24, 2.45) is 0 Å². The van der Waals surface area contributed by atoms with Gasteiger partial charge in [-0.15, -0.1) is 0 Å². The highest BCUT2D eigenvalue weighted by Gasteiger charge is 2.54. The normalized spacial score (nSPS) is 33.7. The Morgan fingerprint density at radius 1 is 1.38 bits per heavy atom. The number of esters is 1. The monoisotopic (exact) mass is 296 g/mol. The van der Waals surface area contributed by atoms with Crippen molar-refractivity contribution < 1.29 is 29.2 Å². The highest BCUT2D eigenvalue weighted by Crippen LogP contribution is 2.33. The van der Waals surface area contributed by atoms with Crippen molar-refractivity contribution in [3.8, 4) is 0 Å². The predicted molar refractivity (Wildman–Crippen MR) is 73.6 cm³/mol. The molecule has 6 nitrogen and oxygen atoms in total. The number of aliphatic hydroxyl groups excluding tert-OH is 1. The Morgan fingerprint density at radius 2 is 2.00 bits per heavy atom. The van der Waals surface area contributed by atoms with E-state index in [2.05, 4.69) is 0 Å². The van der Waals surface area contributed by atoms with Crippen molar-refractivity contribution in [3.63, 3.8) is 0 Å². The molecule has 5 atom stereocenters. The van der Waals surface area contributed by atoms with Gasteiger partial charge in [0.2, 0.25) is 0 Å². The summed E-state index contributed by atoms with van der Waals surface area (Å²) in [6, 6.07) is 8.52. The maximum Gasteiger partial charge on any atom is 0.338 e. The summed E-state index contributed by atoms with van der Waals surface area (Å²) in [6.07, 6.45) is -3.80. The van der Waals surface area contributed by atoms with Crippen LogP contribution in [0.1, 0.15) is 24.2 Å². The fourth-order valence-electron chi connectivity index (χ4n) is 2.37. The van der Waals surface area contributed by atoms with Crippen LogP contribution >= 0.6 is 0 Å². The van der Waals surface area contributed by atoms with Gasteiger partial charge in [0.15, 0.2) is 6.29 Å². The molecule has 0 aromatic heterocycles. The van der Waals surface area contributed by atoms with Crippen LogP contribution in [-0.4, -0.2) is 53.5 Å². The maximum absolute atomic E-state index is 12.0. The van der Waals surface area contributed by atoms with Crippen LogP contribution in [-0.2, 0) is 14.2 Å². The fourth-order valence-corrected chi connectivity index (χ4v) is 2.37. The number of hydrogen-bond acceptors (Lipinski definition) is 6. The molecule has 5 unspecified atom stereocenters. The summed E-state index contributed by atoms with van der Waals surface area (Å²) in [6.45, 7) is 3.01. The van der Waals surface area contributed by atoms with Crippen LogP contribution in [0.4, 0.5) is 0 Å². The van der Waals surface area contributed by atoms with E-state index in [1.54, 1.807) is 37.3 Å². The quantitative estimate of drug-likeness (QED) is 0.796. The van der Waals surface area contributed by atoms with Crippen molar-refractivity contribution in [3.05, 3.63) is 35.9 Å². The number of methoxy groups -OCH3 is 1. The van der Waals surface area contributed by atoms with Crippen LogP contribution < -0.4 is 0 Å². The summed E-state index contributed by atoms with van der Waals surface area (Å²) >= 11 is 0. The van der Waals surface area contributed by atoms with Gasteiger partial charge in [0, 0.05) is 7.11 Å². The first kappa shape index (κ1) is 15.9. The first-order valence-electron chi connectivity index (χ1n) is 6.72. The van der Waals surface area contributed by atoms with Gasteiger partial charge in [-0.2, -0.15) is 0 Å². The first-order chi connectivity index (χ1) is 9.87. The number of rotatable bonds is 4. The first-order valence-corrected chi connectivity index (χ1v) is 6.72. The van der Waals surface area contributed by atoms with E-state index in [9.17, 15) is 15.0 Å². The van der Waals surface area contributed by atoms with Crippen LogP contribution in [0.15, 0.2) is 30.3 Å². The van der Waals surface area contributed by atoms with E-state index in [-0.39, 0.29) is 0 Å². The van der Waals surface area contributed by atoms with Crippen LogP contribution in [0.2, 0.25) is 0 Å². The second-order valence-corrected chi connectivity index (χ2v) is 5.32. The van der Waals surface area contributed by atoms with E-state index in [1.165, 1.54) is 14.0 Å². The summed E-state index contributed by atoms with van der Waals surface area (Å²) < 4.78 is 15.7. The lowest BCUT2D eigenvalue weighted by Crippen LogP contribution is -2.48. The topological polar surface area (TPSA) is 85.2 Å². The summed E-state index contributed by atoms with van der Waals surface area (Å²) in [5, 5.41) is 20.3. The van der Waals surface area contributed by atoms with Crippen LogP contribution in [0.3, 0.4) is 0 Å². The molecule has 21 heavy (non-hydrogen) atoms. The summed E-state index contributed by atoms with van der Waals surface area (Å²) in [7, 11) is 1.37. The van der Waals surface area contributed by atoms with Gasteiger partial charge in [0.25, 0.3) is 0 Å². The van der Waals surface area contributed by atoms with Crippen LogP contribution in [0.5, 0.6) is 0 Å². The molecule has 1 aromatic carbocycles. The Bertz CT molecular complexity index is 486. The highest BCUT2D eigenvalue weighted by atomic mass is 16.7. The second-order valence-electron chi connectivity index (χ2n) is 5.32. The summed E-state index contributed by atoms with van der Waals surface area (Å²) in [5.41, 5.74) is -1.15. The Balaban J connectivity index is 2.04. The predicted octanol–water partition coefficient (Wildman–Crippen LogP) is 0.715. The lowest BCUT2D eigenvalue weighted by Gasteiger charge is -2.26. The molecular formula is C15H20O6. The van der Waals surface area contributed by atoms with Crippen molar-refractivity contribution >= 4 is 5.97 Å². The largest absolute Gasteiger partial charge is 0.456 e. The minimum Gasteiger partial charge on any atom is -0.456 e. The second kappa shape index (κ2) is 6.11. The standard InChI is InChI=1S/C15H20O6/c1-9(20-13(17)10-7-5-4-6-8-10)11-12(16)15(2,18)14(19-3)21-11/h4-9,11-12,14,16,18H,1-3H3. The van der Waals surface area contributed by atoms with E-state index < -0.39 is 36.2 Å². The van der Waals surface area contributed by atoms with E-state index in [1.807, 2.05) is 0 Å². The highest BCUT2D eigenvalue weighted by molar-refractivity contribution is 5.89. The molecule has 1 saturated heterocycles. The Morgan fingerprint density at radius 3 is 2.52 bits per heavy atom. The number of carbonyl (C=O) groups is 1. The molecule has 0 saturated carbocycles. The van der Waals surface area contributed by atoms with Crippen LogP contribution in [0, 0.1) is 0 Å². The average molecular weight is 296 g/mol. The minimum atomic E-state index is -1.56. The zero-order valence-electron chi connectivity index (χ0n) is 12.2. The lowest BCUT2D eigenvalue weighted by molar-refractivity contribution is -0.190. The van der Waals surface area contributed by atoms with Gasteiger partial charge in [0.05, 0.1) is 5.56 Å². The van der Waals surface area contributed by atoms with Crippen LogP contribution in [0.25, 0.3) is 0 Å². The molecule has 2 N–H and O–H groups in total. The van der Waals surface area contributed by atoms with Gasteiger partial charge >= 0.3 is 5.97 Å². The third-order valence-corrected chi connectivity index (χ3v) is 3.65. The lowest BCUT2D eigenvalue weighted by atomic mass is 9.95. The summed E-state index contributed by atoms with van der Waals surface area (Å²) in [5.74, 6) is -0.514. The van der Waals surface area contributed by atoms with Crippen molar-refractivity contribution in [1.29, 1.82) is 0 Å². The fraction of sp³-hybridized carbons (Fsp3) is 0.533. The third-order valence-electron chi connectivity index (χ3n) is 3.65. The van der Waals surface area contributed by atoms with Crippen molar-refractivity contribution in [2.75, 3.05) is 7.11 Å². The van der Waals surface area contributed by atoms with E-state index in [0.29, 0.717) is 5.56 Å². The molecule has 1 heterocycles. The molecule has 116 valence electrons. The van der Waals surface area contributed by atoms with Gasteiger partial charge in [-0.1, -0.05) is 18.2 Å². The van der Waals surface area contributed by atoms with Crippen molar-refractivity contribution in [1.82, 2.24) is 0 Å². The third kappa shape index (κ3) is 3.08. The number of aliphatic hydroxyl groups is 2. The van der Waals surface area contributed by atoms with Gasteiger partial charge in [-0.05, 0) is 26.0 Å². The van der Waals surface area contributed by atoms with E-state index in [4.69, 9.17) is 14.2 Å². The molecule has 1 aliphatic rings. The van der Waals surface area contributed by atoms with Crippen molar-refractivity contribution in [2.45, 2.75) is 44.1 Å². The zero-order valence-corrected chi connectivity index (χ0v) is 12.2. The molecule has 0 bridgehead atoms. The Hall–Kier alpha value is -1.47. The number of hydrogen-bond donors (Lipinski definition) is 2. The molecule has 6 heteroatoms. The molecule has 2 rings (SSSR count). The zero-order chi connectivity index (χ0) is 15.6. The van der Waals surface area contributed by atoms with Gasteiger partial charge < -0.3 is 24.4 Å². The molecule has 0 amide bonds. The maximum atomic E-state index is 12.0. The van der Waals surface area contributed by atoms with Gasteiger partial charge in [0.1, 0.15) is 23.9 Å². The molecule has 0 spiro atoms. The number of ether oxygens (including phenoxy) is 3. The molecule has 1 aliphatic heterocycles. The number of carbonyl (C=O) groups excluding carboxylic acids is 1. The smallest absolute Gasteiger partial charge is 0.338 e. The molecular weight excluding hydrogens is 276 g/mol.